The summed E-state index contributed by atoms with van der Waals surface area (Å²) in [6.45, 7) is 1.67. The first kappa shape index (κ1) is 18.8. The van der Waals surface area contributed by atoms with Crippen LogP contribution >= 0.6 is 0 Å². The molecule has 29 heavy (non-hydrogen) atoms. The van der Waals surface area contributed by atoms with Gasteiger partial charge in [0.1, 0.15) is 12.4 Å². The highest BCUT2D eigenvalue weighted by Crippen LogP contribution is 2.44. The fourth-order valence-electron chi connectivity index (χ4n) is 3.57. The highest BCUT2D eigenvalue weighted by molar-refractivity contribution is 6.12. The maximum absolute atomic E-state index is 13.8. The van der Waals surface area contributed by atoms with E-state index in [9.17, 15) is 19.1 Å². The van der Waals surface area contributed by atoms with E-state index in [4.69, 9.17) is 0 Å². The fraction of sp³-hybridized carbons (Fsp3) is 0.130. The van der Waals surface area contributed by atoms with Gasteiger partial charge in [-0.05, 0) is 37.3 Å². The summed E-state index contributed by atoms with van der Waals surface area (Å²) in [5.74, 6) is -1.65. The molecule has 0 aromatic heterocycles. The van der Waals surface area contributed by atoms with Gasteiger partial charge >= 0.3 is 0 Å². The van der Waals surface area contributed by atoms with Crippen LogP contribution < -0.4 is 10.2 Å². The highest BCUT2D eigenvalue weighted by Gasteiger charge is 2.51. The van der Waals surface area contributed by atoms with Crippen molar-refractivity contribution in [1.29, 1.82) is 0 Å². The van der Waals surface area contributed by atoms with Gasteiger partial charge in [-0.1, -0.05) is 48.0 Å². The standard InChI is InChI=1S/C23H19FN2O3/c1-15-9-11-18(12-10-15)25-21(27)14-26-20-8-3-2-7-19(20)23(29,22(26)28)16-5-4-6-17(24)13-16/h2-13,29H,14H2,1H3,(H,25,27). The second kappa shape index (κ2) is 7.14. The van der Waals surface area contributed by atoms with E-state index in [0.29, 0.717) is 16.9 Å². The van der Waals surface area contributed by atoms with E-state index in [1.165, 1.54) is 23.1 Å². The molecule has 0 bridgehead atoms. The van der Waals surface area contributed by atoms with Gasteiger partial charge in [-0.15, -0.1) is 0 Å². The Kier molecular flexibility index (Phi) is 4.64. The molecule has 0 fully saturated rings. The summed E-state index contributed by atoms with van der Waals surface area (Å²) in [7, 11) is 0. The van der Waals surface area contributed by atoms with Gasteiger partial charge in [-0.3, -0.25) is 14.5 Å². The van der Waals surface area contributed by atoms with E-state index in [1.54, 1.807) is 36.4 Å². The van der Waals surface area contributed by atoms with Gasteiger partial charge in [0.25, 0.3) is 5.91 Å². The molecule has 2 amide bonds. The van der Waals surface area contributed by atoms with Crippen molar-refractivity contribution < 1.29 is 19.1 Å². The number of hydrogen-bond acceptors (Lipinski definition) is 3. The van der Waals surface area contributed by atoms with Crippen molar-refractivity contribution in [1.82, 2.24) is 0 Å². The Balaban J connectivity index is 1.66. The topological polar surface area (TPSA) is 69.6 Å². The second-order valence-corrected chi connectivity index (χ2v) is 7.04. The first-order valence-corrected chi connectivity index (χ1v) is 9.16. The number of halogens is 1. The van der Waals surface area contributed by atoms with Crippen LogP contribution in [0.1, 0.15) is 16.7 Å². The van der Waals surface area contributed by atoms with Gasteiger partial charge in [0.15, 0.2) is 5.60 Å². The Morgan fingerprint density at radius 3 is 2.52 bits per heavy atom. The van der Waals surface area contributed by atoms with Crippen LogP contribution in [0.25, 0.3) is 0 Å². The van der Waals surface area contributed by atoms with E-state index in [-0.39, 0.29) is 12.1 Å². The molecular weight excluding hydrogens is 371 g/mol. The number of carbonyl (C=O) groups is 2. The summed E-state index contributed by atoms with van der Waals surface area (Å²) in [6, 6.07) is 19.3. The number of para-hydroxylation sites is 1. The van der Waals surface area contributed by atoms with Gasteiger partial charge in [0.05, 0.1) is 5.69 Å². The quantitative estimate of drug-likeness (QED) is 0.718. The molecule has 1 atom stereocenters. The molecular formula is C23H19FN2O3. The van der Waals surface area contributed by atoms with Gasteiger partial charge in [-0.2, -0.15) is 0 Å². The number of carbonyl (C=O) groups excluding carboxylic acids is 2. The zero-order valence-electron chi connectivity index (χ0n) is 15.7. The molecule has 4 rings (SSSR count). The molecule has 146 valence electrons. The molecule has 0 saturated carbocycles. The van der Waals surface area contributed by atoms with Crippen molar-refractivity contribution >= 4 is 23.2 Å². The highest BCUT2D eigenvalue weighted by atomic mass is 19.1. The predicted molar refractivity (Wildman–Crippen MR) is 108 cm³/mol. The third-order valence-corrected chi connectivity index (χ3v) is 5.02. The summed E-state index contributed by atoms with van der Waals surface area (Å²) in [5.41, 5.74) is 0.481. The van der Waals surface area contributed by atoms with Crippen molar-refractivity contribution in [3.63, 3.8) is 0 Å². The zero-order valence-corrected chi connectivity index (χ0v) is 15.7. The largest absolute Gasteiger partial charge is 0.372 e. The number of aryl methyl sites for hydroxylation is 1. The van der Waals surface area contributed by atoms with Crippen molar-refractivity contribution in [2.45, 2.75) is 12.5 Å². The first-order chi connectivity index (χ1) is 13.9. The molecule has 1 heterocycles. The Morgan fingerprint density at radius 2 is 1.79 bits per heavy atom. The Morgan fingerprint density at radius 1 is 1.07 bits per heavy atom. The molecule has 1 unspecified atom stereocenters. The van der Waals surface area contributed by atoms with Crippen LogP contribution in [-0.2, 0) is 15.2 Å². The summed E-state index contributed by atoms with van der Waals surface area (Å²) >= 11 is 0. The lowest BCUT2D eigenvalue weighted by atomic mass is 9.87. The third-order valence-electron chi connectivity index (χ3n) is 5.02. The van der Waals surface area contributed by atoms with E-state index in [0.717, 1.165) is 11.6 Å². The van der Waals surface area contributed by atoms with Crippen molar-refractivity contribution in [2.75, 3.05) is 16.8 Å². The van der Waals surface area contributed by atoms with Gasteiger partial charge in [-0.25, -0.2) is 4.39 Å². The van der Waals surface area contributed by atoms with Crippen LogP contribution in [0.2, 0.25) is 0 Å². The summed E-state index contributed by atoms with van der Waals surface area (Å²) in [5, 5.41) is 14.1. The monoisotopic (exact) mass is 390 g/mol. The Hall–Kier alpha value is -3.51. The van der Waals surface area contributed by atoms with Crippen molar-refractivity contribution in [2.24, 2.45) is 0 Å². The number of amides is 2. The zero-order chi connectivity index (χ0) is 20.6. The van der Waals surface area contributed by atoms with E-state index in [1.807, 2.05) is 19.1 Å². The number of hydrogen-bond donors (Lipinski definition) is 2. The Bertz CT molecular complexity index is 1100. The smallest absolute Gasteiger partial charge is 0.268 e. The minimum absolute atomic E-state index is 0.122. The SMILES string of the molecule is Cc1ccc(NC(=O)CN2C(=O)C(O)(c3cccc(F)c3)c3ccccc32)cc1. The first-order valence-electron chi connectivity index (χ1n) is 9.16. The molecule has 0 saturated heterocycles. The lowest BCUT2D eigenvalue weighted by Gasteiger charge is -2.23. The van der Waals surface area contributed by atoms with E-state index in [2.05, 4.69) is 5.32 Å². The maximum Gasteiger partial charge on any atom is 0.268 e. The molecule has 1 aliphatic rings. The normalized spacial score (nSPS) is 17.9. The molecule has 1 aliphatic heterocycles. The maximum atomic E-state index is 13.8. The van der Waals surface area contributed by atoms with Crippen LogP contribution in [0, 0.1) is 12.7 Å². The van der Waals surface area contributed by atoms with Gasteiger partial charge in [0.2, 0.25) is 5.91 Å². The van der Waals surface area contributed by atoms with Gasteiger partial charge < -0.3 is 10.4 Å². The molecule has 6 heteroatoms. The Labute approximate surface area is 167 Å². The van der Waals surface area contributed by atoms with Crippen LogP contribution in [0.3, 0.4) is 0 Å². The van der Waals surface area contributed by atoms with Crippen LogP contribution in [0.4, 0.5) is 15.8 Å². The lowest BCUT2D eigenvalue weighted by Crippen LogP contribution is -2.44. The van der Waals surface area contributed by atoms with Crippen LogP contribution in [-0.4, -0.2) is 23.5 Å². The summed E-state index contributed by atoms with van der Waals surface area (Å²) in [4.78, 5) is 27.0. The van der Waals surface area contributed by atoms with Crippen molar-refractivity contribution in [3.05, 3.63) is 95.3 Å². The number of rotatable bonds is 4. The van der Waals surface area contributed by atoms with E-state index < -0.39 is 23.2 Å². The molecule has 3 aromatic rings. The molecule has 0 radical (unpaired) electrons. The fourth-order valence-corrected chi connectivity index (χ4v) is 3.57. The lowest BCUT2D eigenvalue weighted by molar-refractivity contribution is -0.133. The molecule has 0 aliphatic carbocycles. The second-order valence-electron chi connectivity index (χ2n) is 7.04. The van der Waals surface area contributed by atoms with Crippen LogP contribution in [0.5, 0.6) is 0 Å². The minimum atomic E-state index is -2.05. The number of anilines is 2. The summed E-state index contributed by atoms with van der Waals surface area (Å²) in [6.07, 6.45) is 0. The number of nitrogens with zero attached hydrogens (tertiary/aromatic N) is 1. The van der Waals surface area contributed by atoms with E-state index >= 15 is 0 Å². The predicted octanol–water partition coefficient (Wildman–Crippen LogP) is 3.36. The van der Waals surface area contributed by atoms with Gasteiger partial charge in [0, 0.05) is 16.8 Å². The van der Waals surface area contributed by atoms with Crippen LogP contribution in [0.15, 0.2) is 72.8 Å². The number of fused-ring (bicyclic) bond motifs is 1. The third kappa shape index (κ3) is 3.28. The number of aliphatic hydroxyl groups is 1. The average Bonchev–Trinajstić information content (AvgIpc) is 2.93. The molecule has 2 N–H and O–H groups in total. The van der Waals surface area contributed by atoms with Crippen molar-refractivity contribution in [3.8, 4) is 0 Å². The number of nitrogens with one attached hydrogen (secondary N) is 1. The average molecular weight is 390 g/mol. The summed E-state index contributed by atoms with van der Waals surface area (Å²) < 4.78 is 13.8. The minimum Gasteiger partial charge on any atom is -0.372 e. The molecule has 0 spiro atoms. The molecule has 5 nitrogen and oxygen atoms in total. The molecule has 3 aromatic carbocycles. The number of benzene rings is 3.